The third kappa shape index (κ3) is 6.76. The summed E-state index contributed by atoms with van der Waals surface area (Å²) in [5.74, 6) is -1.87. The van der Waals surface area contributed by atoms with Crippen molar-refractivity contribution in [1.82, 2.24) is 0 Å². The third-order valence-corrected chi connectivity index (χ3v) is 5.81. The molecule has 1 aliphatic carbocycles. The normalized spacial score (nSPS) is 24.4. The van der Waals surface area contributed by atoms with Gasteiger partial charge in [0.25, 0.3) is 0 Å². The first kappa shape index (κ1) is 27.0. The van der Waals surface area contributed by atoms with Crippen molar-refractivity contribution < 1.29 is 49.6 Å². The third-order valence-electron chi connectivity index (χ3n) is 5.81. The second-order valence-corrected chi connectivity index (χ2v) is 8.47. The molecule has 0 saturated heterocycles. The molecule has 0 bridgehead atoms. The second-order valence-electron chi connectivity index (χ2n) is 8.47. The summed E-state index contributed by atoms with van der Waals surface area (Å²) < 4.78 is 16.3. The molecule has 0 spiro atoms. The summed E-state index contributed by atoms with van der Waals surface area (Å²) in [6, 6.07) is 8.65. The molecule has 10 nitrogen and oxygen atoms in total. The van der Waals surface area contributed by atoms with Gasteiger partial charge in [-0.25, -0.2) is 4.79 Å². The highest BCUT2D eigenvalue weighted by atomic mass is 16.6. The molecule has 0 unspecified atom stereocenters. The van der Waals surface area contributed by atoms with Crippen molar-refractivity contribution >= 4 is 18.1 Å². The van der Waals surface area contributed by atoms with E-state index in [0.717, 1.165) is 7.11 Å². The molecule has 1 fully saturated rings. The Bertz CT molecular complexity index is 1110. The molecule has 0 aromatic heterocycles. The minimum atomic E-state index is -1.94. The summed E-state index contributed by atoms with van der Waals surface area (Å²) in [4.78, 5) is 12.1. The first-order chi connectivity index (χ1) is 17.1. The fourth-order valence-corrected chi connectivity index (χ4v) is 3.97. The topological polar surface area (TPSA) is 166 Å². The van der Waals surface area contributed by atoms with Gasteiger partial charge in [-0.05, 0) is 35.4 Å². The van der Waals surface area contributed by atoms with Gasteiger partial charge in [0.1, 0.15) is 6.10 Å². The number of esters is 1. The van der Waals surface area contributed by atoms with Crippen molar-refractivity contribution in [3.8, 4) is 23.0 Å². The highest BCUT2D eigenvalue weighted by Gasteiger charge is 2.50. The Hall–Kier alpha value is -3.57. The van der Waals surface area contributed by atoms with E-state index in [0.29, 0.717) is 11.1 Å². The van der Waals surface area contributed by atoms with Crippen molar-refractivity contribution in [2.75, 3.05) is 20.3 Å². The molecule has 194 valence electrons. The molecule has 4 atom stereocenters. The molecule has 0 radical (unpaired) electrons. The van der Waals surface area contributed by atoms with E-state index in [9.17, 15) is 35.4 Å². The SMILES string of the molecule is COC(=O)[C@@]1(O)C[C@@H](O)[C@H](OC/C=C/c2ccc(O)c(O)c2)[C@H](OC/C=C/c2ccc(O)c(O)c2)C1. The number of carbonyl (C=O) groups is 1. The Morgan fingerprint density at radius 2 is 1.42 bits per heavy atom. The van der Waals surface area contributed by atoms with Crippen LogP contribution >= 0.6 is 0 Å². The number of hydrogen-bond acceptors (Lipinski definition) is 10. The summed E-state index contributed by atoms with van der Waals surface area (Å²) in [7, 11) is 1.15. The van der Waals surface area contributed by atoms with Crippen LogP contribution in [0.4, 0.5) is 0 Å². The van der Waals surface area contributed by atoms with Crippen LogP contribution in [0.3, 0.4) is 0 Å². The molecule has 0 aliphatic heterocycles. The molecule has 0 amide bonds. The number of methoxy groups -OCH3 is 1. The maximum absolute atomic E-state index is 12.1. The van der Waals surface area contributed by atoms with Crippen molar-refractivity contribution in [1.29, 1.82) is 0 Å². The number of ether oxygens (including phenoxy) is 3. The van der Waals surface area contributed by atoms with E-state index in [2.05, 4.69) is 0 Å². The van der Waals surface area contributed by atoms with Gasteiger partial charge in [-0.3, -0.25) is 0 Å². The van der Waals surface area contributed by atoms with Crippen molar-refractivity contribution in [2.24, 2.45) is 0 Å². The first-order valence-corrected chi connectivity index (χ1v) is 11.2. The van der Waals surface area contributed by atoms with Crippen LogP contribution in [-0.2, 0) is 19.0 Å². The van der Waals surface area contributed by atoms with E-state index in [-0.39, 0.29) is 49.1 Å². The Morgan fingerprint density at radius 1 is 0.889 bits per heavy atom. The van der Waals surface area contributed by atoms with Gasteiger partial charge in [0.15, 0.2) is 28.6 Å². The Kier molecular flexibility index (Phi) is 8.94. The lowest BCUT2D eigenvalue weighted by atomic mass is 9.79. The molecule has 3 rings (SSSR count). The smallest absolute Gasteiger partial charge is 0.338 e. The lowest BCUT2D eigenvalue weighted by molar-refractivity contribution is -0.201. The Balaban J connectivity index is 1.66. The Labute approximate surface area is 207 Å². The molecule has 6 N–H and O–H groups in total. The average molecular weight is 503 g/mol. The fourth-order valence-electron chi connectivity index (χ4n) is 3.97. The number of aromatic hydroxyl groups is 4. The predicted molar refractivity (Wildman–Crippen MR) is 129 cm³/mol. The van der Waals surface area contributed by atoms with Crippen molar-refractivity contribution in [2.45, 2.75) is 36.8 Å². The van der Waals surface area contributed by atoms with Crippen LogP contribution in [0.25, 0.3) is 12.2 Å². The summed E-state index contributed by atoms with van der Waals surface area (Å²) in [5, 5.41) is 59.4. The molecule has 0 heterocycles. The largest absolute Gasteiger partial charge is 0.504 e. The van der Waals surface area contributed by atoms with Crippen LogP contribution < -0.4 is 0 Å². The zero-order chi connectivity index (χ0) is 26.3. The number of aliphatic hydroxyl groups excluding tert-OH is 1. The maximum atomic E-state index is 12.1. The maximum Gasteiger partial charge on any atom is 0.338 e. The zero-order valence-electron chi connectivity index (χ0n) is 19.7. The van der Waals surface area contributed by atoms with E-state index >= 15 is 0 Å². The van der Waals surface area contributed by atoms with E-state index in [1.807, 2.05) is 0 Å². The summed E-state index contributed by atoms with van der Waals surface area (Å²) in [5.41, 5.74) is -0.705. The molecule has 2 aromatic rings. The van der Waals surface area contributed by atoms with E-state index in [1.165, 1.54) is 24.3 Å². The van der Waals surface area contributed by atoms with Crippen LogP contribution in [0.2, 0.25) is 0 Å². The fraction of sp³-hybridized carbons (Fsp3) is 0.346. The van der Waals surface area contributed by atoms with Gasteiger partial charge in [0.05, 0.1) is 32.5 Å². The quantitative estimate of drug-likeness (QED) is 0.221. The number of carbonyl (C=O) groups excluding carboxylic acids is 1. The summed E-state index contributed by atoms with van der Waals surface area (Å²) in [6.07, 6.45) is 3.19. The number of benzene rings is 2. The molecule has 1 aliphatic rings. The summed E-state index contributed by atoms with van der Waals surface area (Å²) >= 11 is 0. The van der Waals surface area contributed by atoms with Gasteiger partial charge in [0.2, 0.25) is 0 Å². The molecular weight excluding hydrogens is 472 g/mol. The minimum absolute atomic E-state index is 0.0404. The van der Waals surface area contributed by atoms with Gasteiger partial charge in [-0.15, -0.1) is 0 Å². The molecule has 36 heavy (non-hydrogen) atoms. The number of rotatable bonds is 9. The van der Waals surface area contributed by atoms with Crippen molar-refractivity contribution in [3.63, 3.8) is 0 Å². The Morgan fingerprint density at radius 3 is 1.92 bits per heavy atom. The lowest BCUT2D eigenvalue weighted by Crippen LogP contribution is -2.58. The molecule has 1 saturated carbocycles. The minimum Gasteiger partial charge on any atom is -0.504 e. The van der Waals surface area contributed by atoms with Crippen LogP contribution in [-0.4, -0.2) is 80.8 Å². The number of aliphatic hydroxyl groups is 2. The highest BCUT2D eigenvalue weighted by molar-refractivity contribution is 5.79. The monoisotopic (exact) mass is 502 g/mol. The average Bonchev–Trinajstić information content (AvgIpc) is 2.84. The lowest BCUT2D eigenvalue weighted by Gasteiger charge is -2.42. The zero-order valence-corrected chi connectivity index (χ0v) is 19.7. The van der Waals surface area contributed by atoms with E-state index < -0.39 is 29.9 Å². The highest BCUT2D eigenvalue weighted by Crippen LogP contribution is 2.34. The van der Waals surface area contributed by atoms with Crippen LogP contribution in [0.15, 0.2) is 48.6 Å². The van der Waals surface area contributed by atoms with Gasteiger partial charge in [-0.2, -0.15) is 0 Å². The first-order valence-electron chi connectivity index (χ1n) is 11.2. The van der Waals surface area contributed by atoms with Crippen LogP contribution in [0.5, 0.6) is 23.0 Å². The number of hydrogen-bond donors (Lipinski definition) is 6. The van der Waals surface area contributed by atoms with Gasteiger partial charge < -0.3 is 44.8 Å². The predicted octanol–water partition coefficient (Wildman–Crippen LogP) is 2.06. The van der Waals surface area contributed by atoms with E-state index in [4.69, 9.17) is 14.2 Å². The van der Waals surface area contributed by atoms with E-state index in [1.54, 1.807) is 36.4 Å². The van der Waals surface area contributed by atoms with Gasteiger partial charge in [0, 0.05) is 12.8 Å². The standard InChI is InChI=1S/C26H30O10/c1-34-25(32)26(33)14-22(31)24(36-11-3-5-17-7-9-19(28)21(30)13-17)23(15-26)35-10-2-4-16-6-8-18(27)20(29)12-16/h2-9,12-13,22-24,27-31,33H,10-11,14-15H2,1H3/b4-2+,5-3+/t22-,23-,24+,26-/m1/s1. The molecular formula is C26H30O10. The van der Waals surface area contributed by atoms with Crippen LogP contribution in [0.1, 0.15) is 24.0 Å². The number of phenolic OH excluding ortho intramolecular Hbond substituents is 4. The van der Waals surface area contributed by atoms with Gasteiger partial charge in [-0.1, -0.05) is 36.4 Å². The van der Waals surface area contributed by atoms with Crippen LogP contribution in [0, 0.1) is 0 Å². The number of phenols is 4. The molecule has 2 aromatic carbocycles. The second kappa shape index (κ2) is 11.9. The van der Waals surface area contributed by atoms with Gasteiger partial charge >= 0.3 is 5.97 Å². The summed E-state index contributed by atoms with van der Waals surface area (Å²) in [6.45, 7) is 0.0985. The van der Waals surface area contributed by atoms with Crippen molar-refractivity contribution in [3.05, 3.63) is 59.7 Å². The molecule has 10 heteroatoms.